The van der Waals surface area contributed by atoms with Crippen LogP contribution >= 0.6 is 0 Å². The van der Waals surface area contributed by atoms with E-state index in [9.17, 15) is 0 Å². The number of unbranched alkanes of at least 4 members (excludes halogenated alkanes) is 2. The van der Waals surface area contributed by atoms with Gasteiger partial charge < -0.3 is 0 Å². The van der Waals surface area contributed by atoms with Gasteiger partial charge in [0, 0.05) is 0 Å². The summed E-state index contributed by atoms with van der Waals surface area (Å²) in [5.74, 6) is 0. The summed E-state index contributed by atoms with van der Waals surface area (Å²) in [7, 11) is 0. The van der Waals surface area contributed by atoms with E-state index in [0.717, 1.165) is 0 Å². The van der Waals surface area contributed by atoms with E-state index in [0.29, 0.717) is 0 Å². The van der Waals surface area contributed by atoms with Crippen molar-refractivity contribution in [3.05, 3.63) is 34.9 Å². The molecule has 0 fully saturated rings. The van der Waals surface area contributed by atoms with E-state index in [-0.39, 0.29) is 0 Å². The van der Waals surface area contributed by atoms with Crippen molar-refractivity contribution in [2.24, 2.45) is 0 Å². The highest BCUT2D eigenvalue weighted by molar-refractivity contribution is 5.35. The summed E-state index contributed by atoms with van der Waals surface area (Å²) in [6, 6.07) is 6.81. The topological polar surface area (TPSA) is 0 Å². The Morgan fingerprint density at radius 3 is 2.20 bits per heavy atom. The monoisotopic (exact) mass is 204 g/mol. The Morgan fingerprint density at radius 1 is 0.867 bits per heavy atom. The second kappa shape index (κ2) is 6.66. The average molecular weight is 204 g/mol. The molecular formula is C15H24. The summed E-state index contributed by atoms with van der Waals surface area (Å²) in [5.41, 5.74) is 4.74. The van der Waals surface area contributed by atoms with Gasteiger partial charge in [-0.25, -0.2) is 0 Å². The van der Waals surface area contributed by atoms with Crippen LogP contribution in [0.25, 0.3) is 0 Å². The van der Waals surface area contributed by atoms with Gasteiger partial charge in [-0.05, 0) is 42.4 Å². The minimum absolute atomic E-state index is 1.17. The molecule has 0 saturated heterocycles. The van der Waals surface area contributed by atoms with Crippen LogP contribution < -0.4 is 0 Å². The lowest BCUT2D eigenvalue weighted by molar-refractivity contribution is 0.712. The largest absolute Gasteiger partial charge is 0.0654 e. The maximum absolute atomic E-state index is 2.31. The molecule has 0 radical (unpaired) electrons. The zero-order chi connectivity index (χ0) is 11.1. The number of hydrogen-bond acceptors (Lipinski definition) is 0. The minimum atomic E-state index is 1.17. The molecule has 0 nitrogen and oxygen atoms in total. The van der Waals surface area contributed by atoms with Crippen molar-refractivity contribution in [1.82, 2.24) is 0 Å². The first-order valence-corrected chi connectivity index (χ1v) is 6.43. The maximum Gasteiger partial charge on any atom is -0.0276 e. The van der Waals surface area contributed by atoms with Crippen molar-refractivity contribution in [2.75, 3.05) is 0 Å². The van der Waals surface area contributed by atoms with E-state index >= 15 is 0 Å². The fourth-order valence-electron chi connectivity index (χ4n) is 2.27. The third-order valence-corrected chi connectivity index (χ3v) is 3.15. The van der Waals surface area contributed by atoms with Crippen LogP contribution in [0.15, 0.2) is 18.2 Å². The molecule has 0 aromatic heterocycles. The number of benzene rings is 1. The molecule has 0 amide bonds. The molecule has 0 heterocycles. The van der Waals surface area contributed by atoms with Crippen LogP contribution in [0.4, 0.5) is 0 Å². The first-order chi connectivity index (χ1) is 7.33. The molecule has 0 aliphatic carbocycles. The second-order valence-corrected chi connectivity index (χ2v) is 4.22. The van der Waals surface area contributed by atoms with E-state index < -0.39 is 0 Å². The molecule has 1 aromatic carbocycles. The van der Waals surface area contributed by atoms with Crippen LogP contribution in [0, 0.1) is 0 Å². The van der Waals surface area contributed by atoms with Gasteiger partial charge in [0.05, 0.1) is 0 Å². The van der Waals surface area contributed by atoms with Crippen LogP contribution in [0.5, 0.6) is 0 Å². The molecule has 0 saturated carbocycles. The lowest BCUT2D eigenvalue weighted by atomic mass is 9.94. The van der Waals surface area contributed by atoms with E-state index in [1.807, 2.05) is 0 Å². The van der Waals surface area contributed by atoms with Crippen LogP contribution in [0.1, 0.15) is 56.7 Å². The first kappa shape index (κ1) is 12.3. The van der Waals surface area contributed by atoms with Crippen molar-refractivity contribution in [2.45, 2.75) is 59.3 Å². The standard InChI is InChI=1S/C15H24/c1-4-7-8-10-14-12-9-11-13(5-2)15(14)6-3/h9,11-12H,4-8,10H2,1-3H3. The smallest absolute Gasteiger partial charge is 0.0276 e. The van der Waals surface area contributed by atoms with Crippen molar-refractivity contribution < 1.29 is 0 Å². The second-order valence-electron chi connectivity index (χ2n) is 4.22. The third-order valence-electron chi connectivity index (χ3n) is 3.15. The molecule has 0 aliphatic heterocycles. The molecular weight excluding hydrogens is 180 g/mol. The Morgan fingerprint density at radius 2 is 1.60 bits per heavy atom. The number of rotatable bonds is 6. The zero-order valence-corrected chi connectivity index (χ0v) is 10.5. The molecule has 0 spiro atoms. The van der Waals surface area contributed by atoms with Crippen LogP contribution in [0.3, 0.4) is 0 Å². The van der Waals surface area contributed by atoms with Gasteiger partial charge in [0.15, 0.2) is 0 Å². The van der Waals surface area contributed by atoms with E-state index in [4.69, 9.17) is 0 Å². The Kier molecular flexibility index (Phi) is 5.45. The van der Waals surface area contributed by atoms with Gasteiger partial charge in [-0.2, -0.15) is 0 Å². The van der Waals surface area contributed by atoms with Crippen LogP contribution in [-0.4, -0.2) is 0 Å². The molecule has 0 heteroatoms. The normalized spacial score (nSPS) is 10.6. The van der Waals surface area contributed by atoms with Gasteiger partial charge in [0.2, 0.25) is 0 Å². The molecule has 0 aliphatic rings. The minimum Gasteiger partial charge on any atom is -0.0654 e. The number of hydrogen-bond donors (Lipinski definition) is 0. The van der Waals surface area contributed by atoms with Gasteiger partial charge >= 0.3 is 0 Å². The zero-order valence-electron chi connectivity index (χ0n) is 10.5. The Labute approximate surface area is 94.7 Å². The molecule has 1 aromatic rings. The van der Waals surface area contributed by atoms with Gasteiger partial charge in [0.1, 0.15) is 0 Å². The summed E-state index contributed by atoms with van der Waals surface area (Å²) in [5, 5.41) is 0. The average Bonchev–Trinajstić information content (AvgIpc) is 2.29. The summed E-state index contributed by atoms with van der Waals surface area (Å²) in [6.07, 6.45) is 7.65. The first-order valence-electron chi connectivity index (χ1n) is 6.43. The summed E-state index contributed by atoms with van der Waals surface area (Å²) in [6.45, 7) is 6.80. The summed E-state index contributed by atoms with van der Waals surface area (Å²) < 4.78 is 0. The fourth-order valence-corrected chi connectivity index (χ4v) is 2.27. The quantitative estimate of drug-likeness (QED) is 0.597. The molecule has 84 valence electrons. The highest BCUT2D eigenvalue weighted by Gasteiger charge is 2.04. The Balaban J connectivity index is 2.76. The lowest BCUT2D eigenvalue weighted by Crippen LogP contribution is -1.98. The molecule has 15 heavy (non-hydrogen) atoms. The molecule has 0 atom stereocenters. The maximum atomic E-state index is 2.31. The summed E-state index contributed by atoms with van der Waals surface area (Å²) >= 11 is 0. The Bertz CT molecular complexity index is 286. The van der Waals surface area contributed by atoms with Gasteiger partial charge in [-0.3, -0.25) is 0 Å². The van der Waals surface area contributed by atoms with E-state index in [1.54, 1.807) is 16.7 Å². The van der Waals surface area contributed by atoms with E-state index in [1.165, 1.54) is 38.5 Å². The van der Waals surface area contributed by atoms with Crippen LogP contribution in [0.2, 0.25) is 0 Å². The predicted molar refractivity (Wildman–Crippen MR) is 68.4 cm³/mol. The highest BCUT2D eigenvalue weighted by Crippen LogP contribution is 2.18. The van der Waals surface area contributed by atoms with Crippen LogP contribution in [-0.2, 0) is 19.3 Å². The van der Waals surface area contributed by atoms with Crippen molar-refractivity contribution in [3.8, 4) is 0 Å². The van der Waals surface area contributed by atoms with Crippen molar-refractivity contribution in [1.29, 1.82) is 0 Å². The predicted octanol–water partition coefficient (Wildman–Crippen LogP) is 4.54. The Hall–Kier alpha value is -0.780. The van der Waals surface area contributed by atoms with Gasteiger partial charge in [-0.1, -0.05) is 51.8 Å². The van der Waals surface area contributed by atoms with Gasteiger partial charge in [-0.15, -0.1) is 0 Å². The SMILES string of the molecule is CCCCCc1cccc(CC)c1CC. The van der Waals surface area contributed by atoms with Crippen molar-refractivity contribution in [3.63, 3.8) is 0 Å². The third kappa shape index (κ3) is 3.37. The molecule has 0 bridgehead atoms. The molecule has 0 N–H and O–H groups in total. The van der Waals surface area contributed by atoms with Gasteiger partial charge in [0.25, 0.3) is 0 Å². The lowest BCUT2D eigenvalue weighted by Gasteiger charge is -2.12. The molecule has 1 rings (SSSR count). The molecule has 0 unspecified atom stereocenters. The summed E-state index contributed by atoms with van der Waals surface area (Å²) in [4.78, 5) is 0. The number of aryl methyl sites for hydroxylation is 2. The highest BCUT2D eigenvalue weighted by atomic mass is 14.1. The fraction of sp³-hybridized carbons (Fsp3) is 0.600. The van der Waals surface area contributed by atoms with Crippen molar-refractivity contribution >= 4 is 0 Å². The van der Waals surface area contributed by atoms with E-state index in [2.05, 4.69) is 39.0 Å².